The summed E-state index contributed by atoms with van der Waals surface area (Å²) in [5.41, 5.74) is 1.75. The fourth-order valence-corrected chi connectivity index (χ4v) is 1.72. The van der Waals surface area contributed by atoms with E-state index in [0.717, 1.165) is 22.2 Å². The van der Waals surface area contributed by atoms with Crippen molar-refractivity contribution in [1.82, 2.24) is 25.6 Å². The van der Waals surface area contributed by atoms with E-state index in [-0.39, 0.29) is 0 Å². The number of rotatable bonds is 2. The van der Waals surface area contributed by atoms with Gasteiger partial charge < -0.3 is 4.74 Å². The fourth-order valence-electron chi connectivity index (χ4n) is 1.72. The number of tetrazole rings is 1. The molecule has 0 amide bonds. The lowest BCUT2D eigenvalue weighted by Crippen LogP contribution is -1.88. The highest BCUT2D eigenvalue weighted by Gasteiger charge is 2.09. The Kier molecular flexibility index (Phi) is 2.18. The van der Waals surface area contributed by atoms with E-state index < -0.39 is 0 Å². The quantitative estimate of drug-likeness (QED) is 0.716. The average Bonchev–Trinajstić information content (AvgIpc) is 2.91. The third-order valence-corrected chi connectivity index (χ3v) is 2.53. The van der Waals surface area contributed by atoms with Crippen LogP contribution >= 0.6 is 0 Å². The van der Waals surface area contributed by atoms with Crippen molar-refractivity contribution in [3.8, 4) is 17.1 Å². The molecule has 0 atom stereocenters. The Balaban J connectivity index is 2.30. The van der Waals surface area contributed by atoms with E-state index in [2.05, 4.69) is 25.6 Å². The molecule has 0 saturated carbocycles. The molecule has 1 aromatic carbocycles. The summed E-state index contributed by atoms with van der Waals surface area (Å²) in [7, 11) is 1.63. The Morgan fingerprint density at radius 1 is 1.24 bits per heavy atom. The number of aromatic amines is 1. The second-order valence-electron chi connectivity index (χ2n) is 3.48. The highest BCUT2D eigenvalue weighted by Crippen LogP contribution is 2.27. The molecule has 0 saturated heterocycles. The summed E-state index contributed by atoms with van der Waals surface area (Å²) in [5.74, 6) is 1.32. The average molecular weight is 227 g/mol. The summed E-state index contributed by atoms with van der Waals surface area (Å²) in [6.45, 7) is 0. The summed E-state index contributed by atoms with van der Waals surface area (Å²) in [5, 5.41) is 14.9. The number of hydrogen-bond acceptors (Lipinski definition) is 5. The highest BCUT2D eigenvalue weighted by atomic mass is 16.5. The minimum atomic E-state index is 0.547. The number of nitrogens with one attached hydrogen (secondary N) is 1. The van der Waals surface area contributed by atoms with Gasteiger partial charge in [-0.15, -0.1) is 10.2 Å². The maximum absolute atomic E-state index is 5.20. The molecule has 2 heterocycles. The van der Waals surface area contributed by atoms with Crippen LogP contribution in [0, 0.1) is 0 Å². The Hall–Kier alpha value is -2.50. The Bertz CT molecular complexity index is 650. The van der Waals surface area contributed by atoms with Gasteiger partial charge in [-0.2, -0.15) is 5.21 Å². The van der Waals surface area contributed by atoms with Gasteiger partial charge in [0.15, 0.2) is 0 Å². The summed E-state index contributed by atoms with van der Waals surface area (Å²) in [6, 6.07) is 7.54. The molecule has 3 aromatic rings. The molecule has 2 aromatic heterocycles. The van der Waals surface area contributed by atoms with Crippen LogP contribution in [-0.4, -0.2) is 32.7 Å². The van der Waals surface area contributed by atoms with Gasteiger partial charge in [-0.25, -0.2) is 0 Å². The van der Waals surface area contributed by atoms with Crippen LogP contribution in [-0.2, 0) is 0 Å². The lowest BCUT2D eigenvalue weighted by Gasteiger charge is -2.04. The van der Waals surface area contributed by atoms with Crippen LogP contribution in [0.15, 0.2) is 30.5 Å². The second-order valence-corrected chi connectivity index (χ2v) is 3.48. The van der Waals surface area contributed by atoms with Crippen LogP contribution in [0.2, 0.25) is 0 Å². The minimum absolute atomic E-state index is 0.547. The normalized spacial score (nSPS) is 10.6. The van der Waals surface area contributed by atoms with Crippen molar-refractivity contribution >= 4 is 10.9 Å². The zero-order chi connectivity index (χ0) is 11.7. The molecule has 6 nitrogen and oxygen atoms in total. The van der Waals surface area contributed by atoms with Gasteiger partial charge in [-0.1, -0.05) is 0 Å². The largest absolute Gasteiger partial charge is 0.497 e. The molecule has 0 aliphatic rings. The summed E-state index contributed by atoms with van der Waals surface area (Å²) in [4.78, 5) is 4.29. The van der Waals surface area contributed by atoms with Crippen LogP contribution in [0.5, 0.6) is 5.75 Å². The van der Waals surface area contributed by atoms with Crippen LogP contribution in [0.1, 0.15) is 0 Å². The summed E-state index contributed by atoms with van der Waals surface area (Å²) in [6.07, 6.45) is 1.72. The van der Waals surface area contributed by atoms with Crippen molar-refractivity contribution in [3.05, 3.63) is 30.5 Å². The number of H-pyrrole nitrogens is 1. The summed E-state index contributed by atoms with van der Waals surface area (Å²) >= 11 is 0. The van der Waals surface area contributed by atoms with Crippen molar-refractivity contribution in [2.24, 2.45) is 0 Å². The van der Waals surface area contributed by atoms with Crippen LogP contribution in [0.25, 0.3) is 22.3 Å². The fraction of sp³-hybridized carbons (Fsp3) is 0.0909. The lowest BCUT2D eigenvalue weighted by atomic mass is 10.1. The molecule has 0 aliphatic heterocycles. The van der Waals surface area contributed by atoms with Crippen molar-refractivity contribution in [1.29, 1.82) is 0 Å². The van der Waals surface area contributed by atoms with Crippen molar-refractivity contribution in [2.75, 3.05) is 7.11 Å². The third-order valence-electron chi connectivity index (χ3n) is 2.53. The summed E-state index contributed by atoms with van der Waals surface area (Å²) < 4.78 is 5.20. The molecule has 0 bridgehead atoms. The first-order chi connectivity index (χ1) is 8.38. The van der Waals surface area contributed by atoms with Gasteiger partial charge in [0.25, 0.3) is 0 Å². The third kappa shape index (κ3) is 1.59. The van der Waals surface area contributed by atoms with E-state index in [0.29, 0.717) is 5.82 Å². The first-order valence-corrected chi connectivity index (χ1v) is 5.05. The van der Waals surface area contributed by atoms with E-state index in [1.807, 2.05) is 24.3 Å². The van der Waals surface area contributed by atoms with Crippen LogP contribution in [0.3, 0.4) is 0 Å². The van der Waals surface area contributed by atoms with Gasteiger partial charge in [0.2, 0.25) is 5.82 Å². The molecule has 0 radical (unpaired) electrons. The number of aromatic nitrogens is 5. The minimum Gasteiger partial charge on any atom is -0.497 e. The predicted molar refractivity (Wildman–Crippen MR) is 61.5 cm³/mol. The highest BCUT2D eigenvalue weighted by molar-refractivity contribution is 5.93. The van der Waals surface area contributed by atoms with Crippen LogP contribution < -0.4 is 4.74 Å². The Morgan fingerprint density at radius 3 is 2.94 bits per heavy atom. The Labute approximate surface area is 96.6 Å². The van der Waals surface area contributed by atoms with Crippen molar-refractivity contribution < 1.29 is 4.74 Å². The Morgan fingerprint density at radius 2 is 2.18 bits per heavy atom. The van der Waals surface area contributed by atoms with Gasteiger partial charge >= 0.3 is 0 Å². The SMILES string of the molecule is COc1ccc2nccc(-c3nn[nH]n3)c2c1. The van der Waals surface area contributed by atoms with Gasteiger partial charge in [-0.05, 0) is 29.5 Å². The number of pyridine rings is 1. The van der Waals surface area contributed by atoms with Gasteiger partial charge in [0.05, 0.1) is 12.6 Å². The van der Waals surface area contributed by atoms with Gasteiger partial charge in [-0.3, -0.25) is 4.98 Å². The molecule has 1 N–H and O–H groups in total. The zero-order valence-corrected chi connectivity index (χ0v) is 9.08. The van der Waals surface area contributed by atoms with E-state index in [9.17, 15) is 0 Å². The molecule has 84 valence electrons. The maximum Gasteiger partial charge on any atom is 0.205 e. The van der Waals surface area contributed by atoms with Crippen molar-refractivity contribution in [2.45, 2.75) is 0 Å². The van der Waals surface area contributed by atoms with Gasteiger partial charge in [0.1, 0.15) is 5.75 Å². The monoisotopic (exact) mass is 227 g/mol. The number of ether oxygens (including phenoxy) is 1. The molecule has 0 fully saturated rings. The molecule has 0 unspecified atom stereocenters. The number of methoxy groups -OCH3 is 1. The molecular weight excluding hydrogens is 218 g/mol. The standard InChI is InChI=1S/C11H9N5O/c1-17-7-2-3-10-9(6-7)8(4-5-12-10)11-13-15-16-14-11/h2-6H,1H3,(H,13,14,15,16). The number of nitrogens with zero attached hydrogens (tertiary/aromatic N) is 4. The number of fused-ring (bicyclic) bond motifs is 1. The molecule has 3 rings (SSSR count). The molecular formula is C11H9N5O. The first kappa shape index (κ1) is 9.71. The van der Waals surface area contributed by atoms with Gasteiger partial charge in [0, 0.05) is 17.1 Å². The zero-order valence-electron chi connectivity index (χ0n) is 9.08. The van der Waals surface area contributed by atoms with E-state index >= 15 is 0 Å². The lowest BCUT2D eigenvalue weighted by molar-refractivity contribution is 0.415. The van der Waals surface area contributed by atoms with Crippen LogP contribution in [0.4, 0.5) is 0 Å². The van der Waals surface area contributed by atoms with E-state index in [1.54, 1.807) is 13.3 Å². The number of hydrogen-bond donors (Lipinski definition) is 1. The smallest absolute Gasteiger partial charge is 0.205 e. The molecule has 0 aliphatic carbocycles. The second kappa shape index (κ2) is 3.82. The first-order valence-electron chi connectivity index (χ1n) is 5.05. The van der Waals surface area contributed by atoms with E-state index in [1.165, 1.54) is 0 Å². The molecule has 0 spiro atoms. The topological polar surface area (TPSA) is 76.6 Å². The van der Waals surface area contributed by atoms with E-state index in [4.69, 9.17) is 4.74 Å². The van der Waals surface area contributed by atoms with Crippen molar-refractivity contribution in [3.63, 3.8) is 0 Å². The maximum atomic E-state index is 5.20. The molecule has 6 heteroatoms. The molecule has 17 heavy (non-hydrogen) atoms. The number of benzene rings is 1. The predicted octanol–water partition coefficient (Wildman–Crippen LogP) is 1.42.